The van der Waals surface area contributed by atoms with Crippen LogP contribution >= 0.6 is 0 Å². The van der Waals surface area contributed by atoms with E-state index in [0.717, 1.165) is 111 Å². The van der Waals surface area contributed by atoms with Crippen LogP contribution in [0.5, 0.6) is 0 Å². The topological polar surface area (TPSA) is 158 Å². The first kappa shape index (κ1) is 32.1. The lowest BCUT2D eigenvalue weighted by atomic mass is 10.5. The summed E-state index contributed by atoms with van der Waals surface area (Å²) < 4.78 is 0. The Hall–Kier alpha value is -0.930. The Balaban J connectivity index is 3.01. The smallest absolute Gasteiger partial charge is 0.317 e. The first-order valence-electron chi connectivity index (χ1n) is 12.5. The highest BCUT2D eigenvalue weighted by atomic mass is 16.4. The second-order valence-corrected chi connectivity index (χ2v) is 7.67. The number of aliphatic carboxylic acids is 1. The fourth-order valence-electron chi connectivity index (χ4n) is 2.82. The van der Waals surface area contributed by atoms with E-state index in [1.807, 2.05) is 7.05 Å². The van der Waals surface area contributed by atoms with Gasteiger partial charge in [-0.2, -0.15) is 0 Å². The molecule has 0 unspecified atom stereocenters. The Morgan fingerprint density at radius 2 is 0.636 bits per heavy atom. The third kappa shape index (κ3) is 31.1. The number of carboxylic acid groups (broad SMARTS) is 1. The van der Waals surface area contributed by atoms with E-state index in [1.54, 1.807) is 0 Å². The fourth-order valence-corrected chi connectivity index (χ4v) is 2.82. The monoisotopic (exact) mass is 476 g/mol. The molecule has 198 valence electrons. The molecule has 0 aliphatic rings. The van der Waals surface area contributed by atoms with E-state index >= 15 is 0 Å². The van der Waals surface area contributed by atoms with Crippen LogP contribution in [-0.4, -0.2) is 142 Å². The van der Waals surface area contributed by atoms with Gasteiger partial charge in [0.25, 0.3) is 0 Å². The van der Waals surface area contributed by atoms with E-state index < -0.39 is 5.97 Å². The molecule has 0 saturated carbocycles. The van der Waals surface area contributed by atoms with E-state index in [-0.39, 0.29) is 6.54 Å². The van der Waals surface area contributed by atoms with Gasteiger partial charge in [0, 0.05) is 118 Å². The molecular formula is C21H52N10O2. The quantitative estimate of drug-likeness (QED) is 0.0472. The van der Waals surface area contributed by atoms with Crippen LogP contribution in [0.1, 0.15) is 0 Å². The molecule has 0 aliphatic heterocycles. The zero-order valence-corrected chi connectivity index (χ0v) is 20.8. The molecule has 0 saturated heterocycles. The molecule has 12 nitrogen and oxygen atoms in total. The molecule has 0 aromatic carbocycles. The first-order chi connectivity index (χ1) is 16.3. The van der Waals surface area contributed by atoms with Crippen molar-refractivity contribution >= 4 is 5.97 Å². The largest absolute Gasteiger partial charge is 0.480 e. The van der Waals surface area contributed by atoms with Gasteiger partial charge in [-0.05, 0) is 7.05 Å². The number of hydrogen-bond donors (Lipinski definition) is 11. The van der Waals surface area contributed by atoms with Crippen LogP contribution < -0.4 is 53.2 Å². The molecule has 33 heavy (non-hydrogen) atoms. The molecule has 0 aliphatic carbocycles. The Bertz CT molecular complexity index is 394. The van der Waals surface area contributed by atoms with Gasteiger partial charge in [0.05, 0.1) is 6.54 Å². The molecule has 12 heteroatoms. The molecule has 0 heterocycles. The molecule has 0 spiro atoms. The minimum atomic E-state index is -0.821. The summed E-state index contributed by atoms with van der Waals surface area (Å²) in [5, 5.41) is 41.6. The average Bonchev–Trinajstić information content (AvgIpc) is 2.80. The average molecular weight is 477 g/mol. The van der Waals surface area contributed by atoms with E-state index in [0.29, 0.717) is 6.54 Å². The zero-order valence-electron chi connectivity index (χ0n) is 20.8. The van der Waals surface area contributed by atoms with Gasteiger partial charge in [-0.3, -0.25) is 4.79 Å². The second-order valence-electron chi connectivity index (χ2n) is 7.67. The van der Waals surface area contributed by atoms with Crippen LogP contribution in [0.25, 0.3) is 0 Å². The van der Waals surface area contributed by atoms with Crippen molar-refractivity contribution in [1.82, 2.24) is 53.2 Å². The SMILES string of the molecule is CNCCNCCNCCNCCNCCNCCNCCNCCNCCNCC(=O)O. The van der Waals surface area contributed by atoms with Crippen molar-refractivity contribution in [2.24, 2.45) is 0 Å². The van der Waals surface area contributed by atoms with Crippen molar-refractivity contribution in [2.45, 2.75) is 0 Å². The fraction of sp³-hybridized carbons (Fsp3) is 0.952. The van der Waals surface area contributed by atoms with Crippen LogP contribution in [0.3, 0.4) is 0 Å². The van der Waals surface area contributed by atoms with Gasteiger partial charge in [0.2, 0.25) is 0 Å². The Morgan fingerprint density at radius 3 is 0.848 bits per heavy atom. The van der Waals surface area contributed by atoms with Crippen LogP contribution in [0.4, 0.5) is 0 Å². The molecule has 0 aromatic rings. The van der Waals surface area contributed by atoms with Gasteiger partial charge in [-0.1, -0.05) is 0 Å². The highest BCUT2D eigenvalue weighted by Crippen LogP contribution is 1.67. The van der Waals surface area contributed by atoms with E-state index in [1.165, 1.54) is 0 Å². The number of carboxylic acids is 1. The molecule has 0 atom stereocenters. The van der Waals surface area contributed by atoms with Gasteiger partial charge in [-0.25, -0.2) is 0 Å². The Kier molecular flexibility index (Phi) is 28.3. The number of likely N-dealkylation sites (N-methyl/N-ethyl adjacent to an activating group) is 1. The standard InChI is InChI=1S/C21H52N10O2/c1-22-2-3-23-4-5-24-6-7-25-8-9-26-10-11-27-12-13-28-14-15-29-16-17-30-18-19-31-20-21(32)33/h22-31H,2-20H2,1H3,(H,32,33). The molecule has 0 rings (SSSR count). The molecule has 0 amide bonds. The normalized spacial score (nSPS) is 11.3. The maximum atomic E-state index is 10.3. The van der Waals surface area contributed by atoms with Crippen molar-refractivity contribution < 1.29 is 9.90 Å². The van der Waals surface area contributed by atoms with Crippen molar-refractivity contribution in [3.8, 4) is 0 Å². The van der Waals surface area contributed by atoms with Crippen molar-refractivity contribution in [3.05, 3.63) is 0 Å². The highest BCUT2D eigenvalue weighted by molar-refractivity contribution is 5.68. The lowest BCUT2D eigenvalue weighted by Crippen LogP contribution is -2.38. The van der Waals surface area contributed by atoms with Gasteiger partial charge in [0.15, 0.2) is 0 Å². The second kappa shape index (κ2) is 29.1. The Morgan fingerprint density at radius 1 is 0.424 bits per heavy atom. The minimum absolute atomic E-state index is 0.0172. The van der Waals surface area contributed by atoms with Crippen molar-refractivity contribution in [2.75, 3.05) is 131 Å². The summed E-state index contributed by atoms with van der Waals surface area (Å²) in [6.07, 6.45) is 0. The molecule has 0 aromatic heterocycles. The Labute approximate surface area is 200 Å². The molecule has 0 bridgehead atoms. The molecule has 0 radical (unpaired) electrons. The summed E-state index contributed by atoms with van der Waals surface area (Å²) in [7, 11) is 1.97. The minimum Gasteiger partial charge on any atom is -0.480 e. The van der Waals surface area contributed by atoms with Gasteiger partial charge >= 0.3 is 5.97 Å². The summed E-state index contributed by atoms with van der Waals surface area (Å²) in [6, 6.07) is 0. The number of rotatable bonds is 29. The van der Waals surface area contributed by atoms with E-state index in [4.69, 9.17) is 5.11 Å². The van der Waals surface area contributed by atoms with Gasteiger partial charge in [-0.15, -0.1) is 0 Å². The first-order valence-corrected chi connectivity index (χ1v) is 12.5. The lowest BCUT2D eigenvalue weighted by molar-refractivity contribution is -0.135. The van der Waals surface area contributed by atoms with Crippen LogP contribution in [0.2, 0.25) is 0 Å². The van der Waals surface area contributed by atoms with Crippen LogP contribution in [0, 0.1) is 0 Å². The summed E-state index contributed by atoms with van der Waals surface area (Å²) >= 11 is 0. The molecule has 11 N–H and O–H groups in total. The zero-order chi connectivity index (χ0) is 24.1. The van der Waals surface area contributed by atoms with Crippen LogP contribution in [-0.2, 0) is 4.79 Å². The summed E-state index contributed by atoms with van der Waals surface area (Å²) in [5.74, 6) is -0.821. The lowest BCUT2D eigenvalue weighted by Gasteiger charge is -2.10. The van der Waals surface area contributed by atoms with Gasteiger partial charge < -0.3 is 58.3 Å². The number of nitrogens with one attached hydrogen (secondary N) is 10. The summed E-state index contributed by atoms with van der Waals surface area (Å²) in [6.45, 7) is 17.1. The van der Waals surface area contributed by atoms with Crippen molar-refractivity contribution in [1.29, 1.82) is 0 Å². The molecule has 0 fully saturated rings. The predicted molar refractivity (Wildman–Crippen MR) is 137 cm³/mol. The predicted octanol–water partition coefficient (Wildman–Crippen LogP) is -4.40. The molecular weight excluding hydrogens is 424 g/mol. The van der Waals surface area contributed by atoms with E-state index in [2.05, 4.69) is 53.2 Å². The van der Waals surface area contributed by atoms with E-state index in [9.17, 15) is 4.79 Å². The van der Waals surface area contributed by atoms with Crippen molar-refractivity contribution in [3.63, 3.8) is 0 Å². The third-order valence-corrected chi connectivity index (χ3v) is 4.66. The summed E-state index contributed by atoms with van der Waals surface area (Å²) in [5.41, 5.74) is 0. The maximum Gasteiger partial charge on any atom is 0.317 e. The number of hydrogen-bond acceptors (Lipinski definition) is 11. The summed E-state index contributed by atoms with van der Waals surface area (Å²) in [4.78, 5) is 10.3. The maximum absolute atomic E-state index is 10.3. The third-order valence-electron chi connectivity index (χ3n) is 4.66. The number of carbonyl (C=O) groups is 1. The van der Waals surface area contributed by atoms with Crippen LogP contribution in [0.15, 0.2) is 0 Å². The highest BCUT2D eigenvalue weighted by Gasteiger charge is 1.94. The van der Waals surface area contributed by atoms with Gasteiger partial charge in [0.1, 0.15) is 0 Å².